The molecule has 1 aliphatic rings. The molecule has 1 saturated heterocycles. The molecule has 0 aliphatic carbocycles. The van der Waals surface area contributed by atoms with Gasteiger partial charge in [-0.15, -0.1) is 0 Å². The zero-order valence-corrected chi connectivity index (χ0v) is 10.4. The summed E-state index contributed by atoms with van der Waals surface area (Å²) >= 11 is 0. The molecule has 15 heavy (non-hydrogen) atoms. The highest BCUT2D eigenvalue weighted by atomic mass is 15.3. The standard InChI is InChI=1S/C12H27N3/c1-3-15-10-9-14(11-12(15)2)8-6-4-5-7-13/h12H,3-11,13H2,1-2H3. The summed E-state index contributed by atoms with van der Waals surface area (Å²) in [5.41, 5.74) is 5.49. The first-order valence-corrected chi connectivity index (χ1v) is 6.44. The van der Waals surface area contributed by atoms with Crippen LogP contribution in [0.2, 0.25) is 0 Å². The summed E-state index contributed by atoms with van der Waals surface area (Å²) in [6.45, 7) is 11.7. The zero-order chi connectivity index (χ0) is 11.1. The number of hydrogen-bond donors (Lipinski definition) is 1. The summed E-state index contributed by atoms with van der Waals surface area (Å²) in [4.78, 5) is 5.17. The van der Waals surface area contributed by atoms with Crippen LogP contribution in [0, 0.1) is 0 Å². The lowest BCUT2D eigenvalue weighted by Gasteiger charge is -2.39. The van der Waals surface area contributed by atoms with Crippen molar-refractivity contribution in [1.29, 1.82) is 0 Å². The Hall–Kier alpha value is -0.120. The van der Waals surface area contributed by atoms with E-state index in [-0.39, 0.29) is 0 Å². The van der Waals surface area contributed by atoms with Crippen LogP contribution in [0.4, 0.5) is 0 Å². The summed E-state index contributed by atoms with van der Waals surface area (Å²) in [5.74, 6) is 0. The minimum atomic E-state index is 0.734. The average molecular weight is 213 g/mol. The van der Waals surface area contributed by atoms with Gasteiger partial charge in [0.25, 0.3) is 0 Å². The molecule has 3 nitrogen and oxygen atoms in total. The molecule has 1 aliphatic heterocycles. The van der Waals surface area contributed by atoms with Gasteiger partial charge in [0, 0.05) is 25.7 Å². The molecule has 0 aromatic heterocycles. The molecule has 3 heteroatoms. The molecular formula is C12H27N3. The van der Waals surface area contributed by atoms with Gasteiger partial charge in [-0.1, -0.05) is 13.3 Å². The van der Waals surface area contributed by atoms with E-state index in [0.29, 0.717) is 0 Å². The van der Waals surface area contributed by atoms with Crippen LogP contribution in [0.15, 0.2) is 0 Å². The van der Waals surface area contributed by atoms with Crippen LogP contribution in [0.5, 0.6) is 0 Å². The fraction of sp³-hybridized carbons (Fsp3) is 1.00. The van der Waals surface area contributed by atoms with E-state index < -0.39 is 0 Å². The monoisotopic (exact) mass is 213 g/mol. The lowest BCUT2D eigenvalue weighted by molar-refractivity contribution is 0.0869. The second-order valence-corrected chi connectivity index (χ2v) is 4.63. The number of likely N-dealkylation sites (N-methyl/N-ethyl adjacent to an activating group) is 1. The quantitative estimate of drug-likeness (QED) is 0.672. The summed E-state index contributed by atoms with van der Waals surface area (Å²) in [7, 11) is 0. The van der Waals surface area contributed by atoms with Gasteiger partial charge in [0.2, 0.25) is 0 Å². The van der Waals surface area contributed by atoms with Gasteiger partial charge in [0.05, 0.1) is 0 Å². The van der Waals surface area contributed by atoms with Gasteiger partial charge in [-0.25, -0.2) is 0 Å². The number of hydrogen-bond acceptors (Lipinski definition) is 3. The highest BCUT2D eigenvalue weighted by molar-refractivity contribution is 4.77. The van der Waals surface area contributed by atoms with E-state index in [1.54, 1.807) is 0 Å². The number of unbranched alkanes of at least 4 members (excludes halogenated alkanes) is 2. The minimum absolute atomic E-state index is 0.734. The maximum absolute atomic E-state index is 5.49. The number of nitrogens with two attached hydrogens (primary N) is 1. The van der Waals surface area contributed by atoms with Gasteiger partial charge in [0.1, 0.15) is 0 Å². The van der Waals surface area contributed by atoms with Gasteiger partial charge in [-0.05, 0) is 39.4 Å². The normalized spacial score (nSPS) is 24.6. The Morgan fingerprint density at radius 2 is 2.00 bits per heavy atom. The van der Waals surface area contributed by atoms with Crippen molar-refractivity contribution < 1.29 is 0 Å². The zero-order valence-electron chi connectivity index (χ0n) is 10.4. The van der Waals surface area contributed by atoms with Crippen LogP contribution in [-0.2, 0) is 0 Å². The SMILES string of the molecule is CCN1CCN(CCCCCN)CC1C. The van der Waals surface area contributed by atoms with E-state index >= 15 is 0 Å². The third kappa shape index (κ3) is 4.49. The molecule has 1 rings (SSSR count). The highest BCUT2D eigenvalue weighted by Gasteiger charge is 2.21. The van der Waals surface area contributed by atoms with Crippen molar-refractivity contribution in [3.8, 4) is 0 Å². The lowest BCUT2D eigenvalue weighted by atomic mass is 10.1. The van der Waals surface area contributed by atoms with Crippen molar-refractivity contribution in [2.24, 2.45) is 5.73 Å². The Bertz CT molecular complexity index is 161. The van der Waals surface area contributed by atoms with Crippen molar-refractivity contribution in [3.05, 3.63) is 0 Å². The van der Waals surface area contributed by atoms with E-state index in [1.165, 1.54) is 52.0 Å². The third-order valence-corrected chi connectivity index (χ3v) is 3.43. The predicted molar refractivity (Wildman–Crippen MR) is 66.1 cm³/mol. The van der Waals surface area contributed by atoms with Crippen molar-refractivity contribution in [1.82, 2.24) is 9.80 Å². The van der Waals surface area contributed by atoms with Gasteiger partial charge in [-0.2, -0.15) is 0 Å². The van der Waals surface area contributed by atoms with E-state index in [2.05, 4.69) is 23.6 Å². The molecule has 0 bridgehead atoms. The molecule has 0 amide bonds. The van der Waals surface area contributed by atoms with Gasteiger partial charge >= 0.3 is 0 Å². The second kappa shape index (κ2) is 7.20. The van der Waals surface area contributed by atoms with Crippen molar-refractivity contribution >= 4 is 0 Å². The largest absolute Gasteiger partial charge is 0.330 e. The van der Waals surface area contributed by atoms with Crippen molar-refractivity contribution in [3.63, 3.8) is 0 Å². The smallest absolute Gasteiger partial charge is 0.0195 e. The highest BCUT2D eigenvalue weighted by Crippen LogP contribution is 2.09. The molecule has 1 heterocycles. The summed E-state index contributed by atoms with van der Waals surface area (Å²) in [6.07, 6.45) is 3.79. The average Bonchev–Trinajstić information content (AvgIpc) is 2.25. The Labute approximate surface area is 94.6 Å². The van der Waals surface area contributed by atoms with Crippen LogP contribution >= 0.6 is 0 Å². The number of rotatable bonds is 6. The van der Waals surface area contributed by atoms with Crippen LogP contribution in [0.25, 0.3) is 0 Å². The molecule has 1 fully saturated rings. The molecule has 2 N–H and O–H groups in total. The molecule has 0 spiro atoms. The summed E-state index contributed by atoms with van der Waals surface area (Å²) < 4.78 is 0. The van der Waals surface area contributed by atoms with E-state index in [0.717, 1.165) is 12.6 Å². The Kier molecular flexibility index (Phi) is 6.22. The Morgan fingerprint density at radius 1 is 1.20 bits per heavy atom. The molecular weight excluding hydrogens is 186 g/mol. The molecule has 1 atom stereocenters. The molecule has 0 aromatic carbocycles. The van der Waals surface area contributed by atoms with E-state index in [4.69, 9.17) is 5.73 Å². The van der Waals surface area contributed by atoms with E-state index in [1.807, 2.05) is 0 Å². The maximum atomic E-state index is 5.49. The number of piperazine rings is 1. The molecule has 1 unspecified atom stereocenters. The number of nitrogens with zero attached hydrogens (tertiary/aromatic N) is 2. The predicted octanol–water partition coefficient (Wildman–Crippen LogP) is 1.14. The summed E-state index contributed by atoms with van der Waals surface area (Å²) in [6, 6.07) is 0.734. The molecule has 0 aromatic rings. The van der Waals surface area contributed by atoms with Gasteiger partial charge in [0.15, 0.2) is 0 Å². The molecule has 0 saturated carbocycles. The first kappa shape index (κ1) is 12.9. The fourth-order valence-corrected chi connectivity index (χ4v) is 2.40. The minimum Gasteiger partial charge on any atom is -0.330 e. The molecule has 0 radical (unpaired) electrons. The topological polar surface area (TPSA) is 32.5 Å². The van der Waals surface area contributed by atoms with Crippen molar-refractivity contribution in [2.75, 3.05) is 39.3 Å². The second-order valence-electron chi connectivity index (χ2n) is 4.63. The van der Waals surface area contributed by atoms with Crippen LogP contribution in [0.1, 0.15) is 33.1 Å². The fourth-order valence-electron chi connectivity index (χ4n) is 2.40. The van der Waals surface area contributed by atoms with E-state index in [9.17, 15) is 0 Å². The van der Waals surface area contributed by atoms with Crippen LogP contribution < -0.4 is 5.73 Å². The summed E-state index contributed by atoms with van der Waals surface area (Å²) in [5, 5.41) is 0. The van der Waals surface area contributed by atoms with Crippen LogP contribution in [0.3, 0.4) is 0 Å². The molecule has 90 valence electrons. The Morgan fingerprint density at radius 3 is 2.60 bits per heavy atom. The first-order valence-electron chi connectivity index (χ1n) is 6.44. The van der Waals surface area contributed by atoms with Gasteiger partial charge in [-0.3, -0.25) is 4.90 Å². The van der Waals surface area contributed by atoms with Crippen molar-refractivity contribution in [2.45, 2.75) is 39.2 Å². The van der Waals surface area contributed by atoms with Crippen LogP contribution in [-0.4, -0.2) is 55.1 Å². The lowest BCUT2D eigenvalue weighted by Crippen LogP contribution is -2.51. The first-order chi connectivity index (χ1) is 7.27. The maximum Gasteiger partial charge on any atom is 0.0195 e. The Balaban J connectivity index is 2.11. The third-order valence-electron chi connectivity index (χ3n) is 3.43. The van der Waals surface area contributed by atoms with Gasteiger partial charge < -0.3 is 10.6 Å².